The summed E-state index contributed by atoms with van der Waals surface area (Å²) < 4.78 is 0. The van der Waals surface area contributed by atoms with Crippen LogP contribution in [0.25, 0.3) is 0 Å². The number of amides is 3. The largest absolute Gasteiger partial charge is 0.352 e. The van der Waals surface area contributed by atoms with Crippen LogP contribution >= 0.6 is 0 Å². The molecule has 0 unspecified atom stereocenters. The molecule has 0 aromatic rings. The average Bonchev–Trinajstić information content (AvgIpc) is 3.03. The van der Waals surface area contributed by atoms with Gasteiger partial charge in [-0.05, 0) is 25.7 Å². The third-order valence-corrected chi connectivity index (χ3v) is 4.62. The summed E-state index contributed by atoms with van der Waals surface area (Å²) in [5, 5.41) is 2.93. The zero-order valence-electron chi connectivity index (χ0n) is 11.5. The molecule has 1 aliphatic heterocycles. The molecule has 0 spiro atoms. The van der Waals surface area contributed by atoms with Crippen LogP contribution in [0.3, 0.4) is 0 Å². The van der Waals surface area contributed by atoms with Crippen molar-refractivity contribution in [3.05, 3.63) is 12.2 Å². The molecule has 0 bridgehead atoms. The van der Waals surface area contributed by atoms with Crippen LogP contribution in [0.5, 0.6) is 0 Å². The molecule has 1 heterocycles. The fourth-order valence-corrected chi connectivity index (χ4v) is 3.51. The van der Waals surface area contributed by atoms with Gasteiger partial charge in [0, 0.05) is 6.04 Å². The summed E-state index contributed by atoms with van der Waals surface area (Å²) in [4.78, 5) is 37.6. The molecule has 5 nitrogen and oxygen atoms in total. The Kier molecular flexibility index (Phi) is 3.59. The van der Waals surface area contributed by atoms with Gasteiger partial charge in [0.1, 0.15) is 6.54 Å². The molecular formula is C15H20N2O3. The van der Waals surface area contributed by atoms with Crippen molar-refractivity contribution in [2.45, 2.75) is 44.6 Å². The summed E-state index contributed by atoms with van der Waals surface area (Å²) in [5.74, 6) is -1.04. The predicted octanol–water partition coefficient (Wildman–Crippen LogP) is 0.996. The van der Waals surface area contributed by atoms with Crippen molar-refractivity contribution >= 4 is 17.7 Å². The Morgan fingerprint density at radius 3 is 2.20 bits per heavy atom. The molecule has 0 aromatic carbocycles. The monoisotopic (exact) mass is 276 g/mol. The van der Waals surface area contributed by atoms with Gasteiger partial charge in [-0.15, -0.1) is 0 Å². The molecule has 3 amide bonds. The van der Waals surface area contributed by atoms with Crippen LogP contribution in [0.4, 0.5) is 0 Å². The second-order valence-electron chi connectivity index (χ2n) is 5.97. The Bertz CT molecular complexity index is 440. The molecule has 5 heteroatoms. The molecule has 3 rings (SSSR count). The lowest BCUT2D eigenvalue weighted by atomic mass is 9.85. The molecule has 1 saturated carbocycles. The predicted molar refractivity (Wildman–Crippen MR) is 72.5 cm³/mol. The summed E-state index contributed by atoms with van der Waals surface area (Å²) in [6.45, 7) is -0.110. The van der Waals surface area contributed by atoms with Gasteiger partial charge in [-0.3, -0.25) is 19.3 Å². The van der Waals surface area contributed by atoms with E-state index >= 15 is 0 Å². The Labute approximate surface area is 118 Å². The standard InChI is InChI=1S/C15H20N2O3/c18-13(16-10-5-1-2-6-10)9-17-14(19)11-7-3-4-8-12(11)15(17)20/h3-4,10-12H,1-2,5-9H2,(H,16,18)/t11-,12+. The molecule has 20 heavy (non-hydrogen) atoms. The van der Waals surface area contributed by atoms with Gasteiger partial charge in [0.05, 0.1) is 11.8 Å². The second kappa shape index (κ2) is 5.38. The summed E-state index contributed by atoms with van der Waals surface area (Å²) in [6.07, 6.45) is 9.44. The van der Waals surface area contributed by atoms with E-state index in [1.54, 1.807) is 0 Å². The van der Waals surface area contributed by atoms with Gasteiger partial charge in [-0.2, -0.15) is 0 Å². The molecule has 108 valence electrons. The normalized spacial score (nSPS) is 29.9. The SMILES string of the molecule is O=C(CN1C(=O)[C@H]2CC=CC[C@H]2C1=O)NC1CCCC1. The Hall–Kier alpha value is -1.65. The van der Waals surface area contributed by atoms with Crippen LogP contribution in [0.15, 0.2) is 12.2 Å². The van der Waals surface area contributed by atoms with E-state index in [1.165, 1.54) is 0 Å². The van der Waals surface area contributed by atoms with Crippen molar-refractivity contribution in [3.63, 3.8) is 0 Å². The minimum Gasteiger partial charge on any atom is -0.352 e. The number of fused-ring (bicyclic) bond motifs is 1. The Morgan fingerprint density at radius 1 is 1.10 bits per heavy atom. The smallest absolute Gasteiger partial charge is 0.240 e. The highest BCUT2D eigenvalue weighted by atomic mass is 16.2. The van der Waals surface area contributed by atoms with E-state index in [2.05, 4.69) is 5.32 Å². The van der Waals surface area contributed by atoms with E-state index in [-0.39, 0.29) is 42.1 Å². The van der Waals surface area contributed by atoms with E-state index in [1.807, 2.05) is 12.2 Å². The van der Waals surface area contributed by atoms with Crippen LogP contribution in [0, 0.1) is 11.8 Å². The van der Waals surface area contributed by atoms with Gasteiger partial charge in [0.15, 0.2) is 0 Å². The molecule has 3 aliphatic rings. The topological polar surface area (TPSA) is 66.5 Å². The number of carbonyl (C=O) groups excluding carboxylic acids is 3. The third-order valence-electron chi connectivity index (χ3n) is 4.62. The molecule has 0 aromatic heterocycles. The number of hydrogen-bond acceptors (Lipinski definition) is 3. The quantitative estimate of drug-likeness (QED) is 0.617. The van der Waals surface area contributed by atoms with Crippen molar-refractivity contribution in [2.24, 2.45) is 11.8 Å². The third kappa shape index (κ3) is 2.37. The minimum absolute atomic E-state index is 0.110. The van der Waals surface area contributed by atoms with Gasteiger partial charge in [0.25, 0.3) is 0 Å². The molecule has 2 atom stereocenters. The number of imide groups is 1. The van der Waals surface area contributed by atoms with E-state index in [0.717, 1.165) is 30.6 Å². The Balaban J connectivity index is 1.61. The first-order chi connectivity index (χ1) is 9.66. The number of carbonyl (C=O) groups is 3. The molecule has 1 saturated heterocycles. The zero-order chi connectivity index (χ0) is 14.1. The van der Waals surface area contributed by atoms with Gasteiger partial charge in [0.2, 0.25) is 17.7 Å². The number of allylic oxidation sites excluding steroid dienone is 2. The highest BCUT2D eigenvalue weighted by Crippen LogP contribution is 2.34. The van der Waals surface area contributed by atoms with Crippen LogP contribution in [0.2, 0.25) is 0 Å². The highest BCUT2D eigenvalue weighted by molar-refractivity contribution is 6.07. The van der Waals surface area contributed by atoms with Crippen molar-refractivity contribution in [1.82, 2.24) is 10.2 Å². The average molecular weight is 276 g/mol. The lowest BCUT2D eigenvalue weighted by Crippen LogP contribution is -2.43. The lowest BCUT2D eigenvalue weighted by Gasteiger charge is -2.17. The molecule has 2 fully saturated rings. The maximum absolute atomic E-state index is 12.2. The molecule has 2 aliphatic carbocycles. The first-order valence-electron chi connectivity index (χ1n) is 7.46. The van der Waals surface area contributed by atoms with Crippen molar-refractivity contribution < 1.29 is 14.4 Å². The molecule has 0 radical (unpaired) electrons. The minimum atomic E-state index is -0.244. The fraction of sp³-hybridized carbons (Fsp3) is 0.667. The van der Waals surface area contributed by atoms with Crippen LogP contribution in [-0.2, 0) is 14.4 Å². The maximum atomic E-state index is 12.2. The van der Waals surface area contributed by atoms with Crippen molar-refractivity contribution in [2.75, 3.05) is 6.54 Å². The zero-order valence-corrected chi connectivity index (χ0v) is 11.5. The number of rotatable bonds is 3. The van der Waals surface area contributed by atoms with Crippen LogP contribution < -0.4 is 5.32 Å². The summed E-state index contributed by atoms with van der Waals surface area (Å²) in [7, 11) is 0. The lowest BCUT2D eigenvalue weighted by molar-refractivity contribution is -0.143. The summed E-state index contributed by atoms with van der Waals surface area (Å²) >= 11 is 0. The van der Waals surface area contributed by atoms with Gasteiger partial charge >= 0.3 is 0 Å². The second-order valence-corrected chi connectivity index (χ2v) is 5.97. The number of nitrogens with one attached hydrogen (secondary N) is 1. The summed E-state index contributed by atoms with van der Waals surface area (Å²) in [5.41, 5.74) is 0. The van der Waals surface area contributed by atoms with Gasteiger partial charge in [-0.25, -0.2) is 0 Å². The van der Waals surface area contributed by atoms with Crippen molar-refractivity contribution in [1.29, 1.82) is 0 Å². The van der Waals surface area contributed by atoms with Crippen LogP contribution in [-0.4, -0.2) is 35.2 Å². The number of nitrogens with zero attached hydrogens (tertiary/aromatic N) is 1. The van der Waals surface area contributed by atoms with E-state index in [9.17, 15) is 14.4 Å². The van der Waals surface area contributed by atoms with Gasteiger partial charge in [-0.1, -0.05) is 25.0 Å². The first-order valence-corrected chi connectivity index (χ1v) is 7.46. The number of hydrogen-bond donors (Lipinski definition) is 1. The highest BCUT2D eigenvalue weighted by Gasteiger charge is 2.47. The van der Waals surface area contributed by atoms with E-state index in [4.69, 9.17) is 0 Å². The molecule has 1 N–H and O–H groups in total. The van der Waals surface area contributed by atoms with E-state index in [0.29, 0.717) is 12.8 Å². The van der Waals surface area contributed by atoms with Gasteiger partial charge < -0.3 is 5.32 Å². The molecular weight excluding hydrogens is 256 g/mol. The first kappa shape index (κ1) is 13.3. The summed E-state index contributed by atoms with van der Waals surface area (Å²) in [6, 6.07) is 0.222. The van der Waals surface area contributed by atoms with Crippen molar-refractivity contribution in [3.8, 4) is 0 Å². The Morgan fingerprint density at radius 2 is 1.65 bits per heavy atom. The maximum Gasteiger partial charge on any atom is 0.240 e. The fourth-order valence-electron chi connectivity index (χ4n) is 3.51. The van der Waals surface area contributed by atoms with E-state index < -0.39 is 0 Å². The number of likely N-dealkylation sites (tertiary alicyclic amines) is 1. The van der Waals surface area contributed by atoms with Crippen LogP contribution in [0.1, 0.15) is 38.5 Å².